The molecular formula is C25H35N3O3. The zero-order valence-corrected chi connectivity index (χ0v) is 19.3. The summed E-state index contributed by atoms with van der Waals surface area (Å²) in [5.41, 5.74) is 1.59. The van der Waals surface area contributed by atoms with Crippen molar-refractivity contribution in [2.24, 2.45) is 11.3 Å². The van der Waals surface area contributed by atoms with Crippen molar-refractivity contribution in [3.8, 4) is 11.3 Å². The third-order valence-corrected chi connectivity index (χ3v) is 5.17. The van der Waals surface area contributed by atoms with Crippen LogP contribution in [0.3, 0.4) is 0 Å². The quantitative estimate of drug-likeness (QED) is 0.600. The molecule has 31 heavy (non-hydrogen) atoms. The number of hydrogen-bond acceptors (Lipinski definition) is 4. The molecule has 3 atom stereocenters. The molecule has 0 unspecified atom stereocenters. The number of carbonyl (C=O) groups is 2. The number of amides is 2. The molecule has 6 nitrogen and oxygen atoms in total. The van der Waals surface area contributed by atoms with E-state index in [1.807, 2.05) is 36.4 Å². The van der Waals surface area contributed by atoms with Gasteiger partial charge in [-0.15, -0.1) is 0 Å². The number of aliphatic hydroxyl groups is 1. The smallest absolute Gasteiger partial charge is 0.270 e. The van der Waals surface area contributed by atoms with Crippen molar-refractivity contribution < 1.29 is 14.7 Å². The predicted octanol–water partition coefficient (Wildman–Crippen LogP) is 3.80. The summed E-state index contributed by atoms with van der Waals surface area (Å²) in [5.74, 6) is -0.507. The summed E-state index contributed by atoms with van der Waals surface area (Å²) in [7, 11) is 0. The molecule has 0 aliphatic heterocycles. The first kappa shape index (κ1) is 24.5. The highest BCUT2D eigenvalue weighted by Gasteiger charge is 2.32. The first-order chi connectivity index (χ1) is 14.5. The predicted molar refractivity (Wildman–Crippen MR) is 123 cm³/mol. The molecule has 0 aliphatic carbocycles. The molecule has 1 heterocycles. The molecule has 0 saturated heterocycles. The lowest BCUT2D eigenvalue weighted by molar-refractivity contribution is -0.127. The zero-order valence-electron chi connectivity index (χ0n) is 19.3. The lowest BCUT2D eigenvalue weighted by Crippen LogP contribution is -2.56. The van der Waals surface area contributed by atoms with Gasteiger partial charge in [0.1, 0.15) is 11.7 Å². The number of nitrogens with one attached hydrogen (secondary N) is 2. The molecule has 1 aromatic heterocycles. The Morgan fingerprint density at radius 3 is 2.16 bits per heavy atom. The topological polar surface area (TPSA) is 91.3 Å². The van der Waals surface area contributed by atoms with E-state index in [1.165, 1.54) is 6.92 Å². The van der Waals surface area contributed by atoms with E-state index >= 15 is 0 Å². The normalized spacial score (nSPS) is 14.6. The van der Waals surface area contributed by atoms with Crippen molar-refractivity contribution in [2.75, 3.05) is 0 Å². The molecule has 0 saturated carbocycles. The Morgan fingerprint density at radius 1 is 0.968 bits per heavy atom. The average molecular weight is 426 g/mol. The Morgan fingerprint density at radius 2 is 1.61 bits per heavy atom. The molecule has 168 valence electrons. The Labute approximate surface area is 185 Å². The molecule has 0 radical (unpaired) electrons. The van der Waals surface area contributed by atoms with Crippen molar-refractivity contribution in [1.29, 1.82) is 0 Å². The third-order valence-electron chi connectivity index (χ3n) is 5.17. The minimum atomic E-state index is -1.08. The second kappa shape index (κ2) is 10.5. The Hall–Kier alpha value is -2.73. The van der Waals surface area contributed by atoms with Gasteiger partial charge in [0.25, 0.3) is 5.91 Å². The van der Waals surface area contributed by atoms with Crippen LogP contribution in [0.15, 0.2) is 48.5 Å². The van der Waals surface area contributed by atoms with Gasteiger partial charge in [-0.25, -0.2) is 4.98 Å². The van der Waals surface area contributed by atoms with Crippen LogP contribution < -0.4 is 10.6 Å². The van der Waals surface area contributed by atoms with E-state index in [0.717, 1.165) is 12.0 Å². The van der Waals surface area contributed by atoms with Gasteiger partial charge in [0.05, 0.1) is 11.8 Å². The Kier molecular flexibility index (Phi) is 8.34. The SMILES string of the molecule is CC(C)C[C@H](NC(=O)[C@@H](NC(=O)c1cccc(-c2ccccc2)n1)[C@@H](C)O)C(C)(C)C. The van der Waals surface area contributed by atoms with Gasteiger partial charge in [-0.1, -0.05) is 71.0 Å². The largest absolute Gasteiger partial charge is 0.391 e. The number of rotatable bonds is 8. The van der Waals surface area contributed by atoms with E-state index in [-0.39, 0.29) is 17.2 Å². The van der Waals surface area contributed by atoms with Crippen LogP contribution in [0, 0.1) is 11.3 Å². The van der Waals surface area contributed by atoms with E-state index < -0.39 is 24.0 Å². The molecule has 2 amide bonds. The number of benzene rings is 1. The van der Waals surface area contributed by atoms with Crippen molar-refractivity contribution >= 4 is 11.8 Å². The van der Waals surface area contributed by atoms with Gasteiger partial charge in [-0.3, -0.25) is 9.59 Å². The van der Waals surface area contributed by atoms with Gasteiger partial charge in [-0.2, -0.15) is 0 Å². The van der Waals surface area contributed by atoms with Crippen molar-refractivity contribution in [3.63, 3.8) is 0 Å². The summed E-state index contributed by atoms with van der Waals surface area (Å²) in [6.07, 6.45) is -0.253. The molecule has 2 rings (SSSR count). The Bertz CT molecular complexity index is 873. The summed E-state index contributed by atoms with van der Waals surface area (Å²) in [4.78, 5) is 30.2. The van der Waals surface area contributed by atoms with Crippen LogP contribution >= 0.6 is 0 Å². The second-order valence-corrected chi connectivity index (χ2v) is 9.52. The van der Waals surface area contributed by atoms with Gasteiger partial charge >= 0.3 is 0 Å². The summed E-state index contributed by atoms with van der Waals surface area (Å²) in [5, 5.41) is 15.9. The minimum Gasteiger partial charge on any atom is -0.391 e. The van der Waals surface area contributed by atoms with Gasteiger partial charge in [-0.05, 0) is 36.8 Å². The molecule has 0 bridgehead atoms. The number of nitrogens with zero attached hydrogens (tertiary/aromatic N) is 1. The Balaban J connectivity index is 2.17. The maximum absolute atomic E-state index is 13.0. The summed E-state index contributed by atoms with van der Waals surface area (Å²) < 4.78 is 0. The average Bonchev–Trinajstić information content (AvgIpc) is 2.70. The fourth-order valence-corrected chi connectivity index (χ4v) is 3.31. The summed E-state index contributed by atoms with van der Waals surface area (Å²) in [6, 6.07) is 13.6. The fourth-order valence-electron chi connectivity index (χ4n) is 3.31. The van der Waals surface area contributed by atoms with Gasteiger partial charge < -0.3 is 15.7 Å². The molecular weight excluding hydrogens is 390 g/mol. The van der Waals surface area contributed by atoms with Crippen molar-refractivity contribution in [2.45, 2.75) is 66.2 Å². The van der Waals surface area contributed by atoms with Crippen LogP contribution in [0.4, 0.5) is 0 Å². The molecule has 1 aromatic carbocycles. The number of pyridine rings is 1. The van der Waals surface area contributed by atoms with Crippen LogP contribution in [-0.2, 0) is 4.79 Å². The molecule has 0 spiro atoms. The maximum Gasteiger partial charge on any atom is 0.270 e. The van der Waals surface area contributed by atoms with Crippen molar-refractivity contribution in [1.82, 2.24) is 15.6 Å². The van der Waals surface area contributed by atoms with E-state index in [1.54, 1.807) is 12.1 Å². The second-order valence-electron chi connectivity index (χ2n) is 9.52. The zero-order chi connectivity index (χ0) is 23.2. The molecule has 0 aliphatic rings. The number of aromatic nitrogens is 1. The van der Waals surface area contributed by atoms with E-state index in [2.05, 4.69) is 50.2 Å². The number of hydrogen-bond donors (Lipinski definition) is 3. The number of aliphatic hydroxyl groups excluding tert-OH is 1. The lowest BCUT2D eigenvalue weighted by atomic mass is 9.82. The van der Waals surface area contributed by atoms with Gasteiger partial charge in [0.2, 0.25) is 5.91 Å². The monoisotopic (exact) mass is 425 g/mol. The van der Waals surface area contributed by atoms with E-state index in [9.17, 15) is 14.7 Å². The minimum absolute atomic E-state index is 0.0855. The highest BCUT2D eigenvalue weighted by Crippen LogP contribution is 2.25. The number of carbonyl (C=O) groups excluding carboxylic acids is 2. The fraction of sp³-hybridized carbons (Fsp3) is 0.480. The van der Waals surface area contributed by atoms with Gasteiger partial charge in [0, 0.05) is 11.6 Å². The first-order valence-electron chi connectivity index (χ1n) is 10.8. The molecule has 0 fully saturated rings. The molecule has 3 N–H and O–H groups in total. The lowest BCUT2D eigenvalue weighted by Gasteiger charge is -2.34. The third kappa shape index (κ3) is 7.17. The van der Waals surface area contributed by atoms with Crippen LogP contribution in [0.5, 0.6) is 0 Å². The van der Waals surface area contributed by atoms with E-state index in [4.69, 9.17) is 0 Å². The maximum atomic E-state index is 13.0. The summed E-state index contributed by atoms with van der Waals surface area (Å²) >= 11 is 0. The highest BCUT2D eigenvalue weighted by atomic mass is 16.3. The first-order valence-corrected chi connectivity index (χ1v) is 10.8. The van der Waals surface area contributed by atoms with Gasteiger partial charge in [0.15, 0.2) is 0 Å². The van der Waals surface area contributed by atoms with Crippen molar-refractivity contribution in [3.05, 3.63) is 54.2 Å². The van der Waals surface area contributed by atoms with Crippen LogP contribution in [0.1, 0.15) is 58.5 Å². The van der Waals surface area contributed by atoms with Crippen LogP contribution in [0.25, 0.3) is 11.3 Å². The van der Waals surface area contributed by atoms with Crippen LogP contribution in [0.2, 0.25) is 0 Å². The molecule has 2 aromatic rings. The van der Waals surface area contributed by atoms with E-state index in [0.29, 0.717) is 11.6 Å². The van der Waals surface area contributed by atoms with Crippen LogP contribution in [-0.4, -0.2) is 40.1 Å². The summed E-state index contributed by atoms with van der Waals surface area (Å²) in [6.45, 7) is 11.9. The highest BCUT2D eigenvalue weighted by molar-refractivity contribution is 5.96. The molecule has 6 heteroatoms. The standard InChI is InChI=1S/C25H35N3O3/c1-16(2)15-21(25(4,5)6)27-24(31)22(17(3)29)28-23(30)20-14-10-13-19(26-20)18-11-8-7-9-12-18/h7-14,16-17,21-22,29H,15H2,1-6H3,(H,27,31)(H,28,30)/t17-,21+,22+/m1/s1.